The molecule has 0 fully saturated rings. The Morgan fingerprint density at radius 3 is 1.66 bits per heavy atom. The van der Waals surface area contributed by atoms with Crippen LogP contribution in [0, 0.1) is 0 Å². The Labute approximate surface area is 200 Å². The summed E-state index contributed by atoms with van der Waals surface area (Å²) in [5.74, 6) is 2.33. The molecule has 0 saturated heterocycles. The second-order valence-corrected chi connectivity index (χ2v) is 11.3. The molecule has 0 unspecified atom stereocenters. The lowest BCUT2D eigenvalue weighted by Gasteiger charge is -2.24. The number of benzene rings is 2. The molecular weight excluding hydrogens is 518 g/mol. The van der Waals surface area contributed by atoms with Crippen molar-refractivity contribution in [1.29, 1.82) is 0 Å². The van der Waals surface area contributed by atoms with E-state index in [-0.39, 0.29) is 17.3 Å². The summed E-state index contributed by atoms with van der Waals surface area (Å²) in [7, 11) is 2.40. The van der Waals surface area contributed by atoms with Crippen LogP contribution >= 0.6 is 27.3 Å². The highest BCUT2D eigenvalue weighted by Gasteiger charge is 2.28. The topological polar surface area (TPSA) is 74.3 Å². The Hall–Kier alpha value is -2.27. The van der Waals surface area contributed by atoms with Crippen LogP contribution in [0.15, 0.2) is 56.5 Å². The summed E-state index contributed by atoms with van der Waals surface area (Å²) >= 11 is 4.51. The van der Waals surface area contributed by atoms with Crippen LogP contribution in [0.4, 0.5) is 0 Å². The van der Waals surface area contributed by atoms with Crippen LogP contribution in [0.3, 0.4) is 0 Å². The van der Waals surface area contributed by atoms with Gasteiger partial charge >= 0.3 is 0 Å². The maximum Gasteiger partial charge on any atom is 0.253 e. The van der Waals surface area contributed by atoms with E-state index in [1.807, 2.05) is 0 Å². The SMILES string of the molecule is COc1ccc(CN(Cc2ccc(OC)cc2OC)S(=O)(=O)c2ccc(Br)s2)c(OC)c1. The molecule has 0 N–H and O–H groups in total. The predicted octanol–water partition coefficient (Wildman–Crippen LogP) is 4.94. The molecule has 0 saturated carbocycles. The molecule has 0 amide bonds. The molecule has 0 spiro atoms. The highest BCUT2D eigenvalue weighted by molar-refractivity contribution is 9.11. The zero-order chi connectivity index (χ0) is 23.3. The van der Waals surface area contributed by atoms with E-state index in [0.29, 0.717) is 34.1 Å². The molecule has 10 heteroatoms. The van der Waals surface area contributed by atoms with Gasteiger partial charge in [-0.3, -0.25) is 0 Å². The minimum absolute atomic E-state index is 0.0974. The van der Waals surface area contributed by atoms with Gasteiger partial charge in [-0.2, -0.15) is 4.31 Å². The van der Waals surface area contributed by atoms with Crippen molar-refractivity contribution in [3.05, 3.63) is 63.4 Å². The average Bonchev–Trinajstić information content (AvgIpc) is 3.26. The molecule has 3 aromatic rings. The first-order valence-corrected chi connectivity index (χ1v) is 12.5. The summed E-state index contributed by atoms with van der Waals surface area (Å²) in [5.41, 5.74) is 1.42. The maximum atomic E-state index is 13.6. The molecule has 0 bridgehead atoms. The van der Waals surface area contributed by atoms with E-state index in [9.17, 15) is 8.42 Å². The van der Waals surface area contributed by atoms with E-state index in [1.165, 1.54) is 4.31 Å². The zero-order valence-corrected chi connectivity index (χ0v) is 21.3. The molecule has 0 aliphatic rings. The number of rotatable bonds is 10. The van der Waals surface area contributed by atoms with Gasteiger partial charge in [-0.1, -0.05) is 12.1 Å². The van der Waals surface area contributed by atoms with E-state index >= 15 is 0 Å². The Balaban J connectivity index is 2.05. The van der Waals surface area contributed by atoms with Crippen molar-refractivity contribution < 1.29 is 27.4 Å². The number of ether oxygens (including phenoxy) is 4. The van der Waals surface area contributed by atoms with Gasteiger partial charge in [-0.05, 0) is 40.2 Å². The van der Waals surface area contributed by atoms with Crippen molar-refractivity contribution in [2.45, 2.75) is 17.3 Å². The smallest absolute Gasteiger partial charge is 0.253 e. The maximum absolute atomic E-state index is 13.6. The van der Waals surface area contributed by atoms with Gasteiger partial charge in [0.2, 0.25) is 0 Å². The lowest BCUT2D eigenvalue weighted by atomic mass is 10.1. The van der Waals surface area contributed by atoms with Crippen LogP contribution in [0.5, 0.6) is 23.0 Å². The third-order valence-electron chi connectivity index (χ3n) is 4.82. The molecule has 3 rings (SSSR count). The highest BCUT2D eigenvalue weighted by Crippen LogP contribution is 2.34. The molecule has 7 nitrogen and oxygen atoms in total. The van der Waals surface area contributed by atoms with E-state index < -0.39 is 10.0 Å². The van der Waals surface area contributed by atoms with Gasteiger partial charge in [0.05, 0.1) is 32.2 Å². The largest absolute Gasteiger partial charge is 0.497 e. The van der Waals surface area contributed by atoms with Crippen molar-refractivity contribution in [2.75, 3.05) is 28.4 Å². The minimum Gasteiger partial charge on any atom is -0.497 e. The lowest BCUT2D eigenvalue weighted by molar-refractivity contribution is 0.358. The first-order chi connectivity index (χ1) is 15.3. The number of hydrogen-bond acceptors (Lipinski definition) is 7. The number of hydrogen-bond donors (Lipinski definition) is 0. The Kier molecular flexibility index (Phi) is 8.05. The van der Waals surface area contributed by atoms with Crippen molar-refractivity contribution in [1.82, 2.24) is 4.31 Å². The molecule has 0 atom stereocenters. The lowest BCUT2D eigenvalue weighted by Crippen LogP contribution is -2.30. The molecular formula is C22H24BrNO6S2. The molecule has 32 heavy (non-hydrogen) atoms. The minimum atomic E-state index is -3.81. The summed E-state index contributed by atoms with van der Waals surface area (Å²) < 4.78 is 51.0. The third-order valence-corrected chi connectivity index (χ3v) is 8.71. The number of methoxy groups -OCH3 is 4. The number of sulfonamides is 1. The third kappa shape index (κ3) is 5.37. The molecule has 0 aliphatic heterocycles. The number of halogens is 1. The van der Waals surface area contributed by atoms with Gasteiger partial charge in [0.15, 0.2) is 0 Å². The summed E-state index contributed by atoms with van der Waals surface area (Å²) in [6, 6.07) is 13.9. The van der Waals surface area contributed by atoms with Crippen molar-refractivity contribution >= 4 is 37.3 Å². The molecule has 1 heterocycles. The second kappa shape index (κ2) is 10.6. The van der Waals surface area contributed by atoms with Crippen LogP contribution in [0.2, 0.25) is 0 Å². The summed E-state index contributed by atoms with van der Waals surface area (Å²) in [6.07, 6.45) is 0. The first kappa shape index (κ1) is 24.4. The predicted molar refractivity (Wildman–Crippen MR) is 128 cm³/mol. The van der Waals surface area contributed by atoms with Crippen LogP contribution in [-0.2, 0) is 23.1 Å². The van der Waals surface area contributed by atoms with E-state index in [0.717, 1.165) is 15.1 Å². The first-order valence-electron chi connectivity index (χ1n) is 9.49. The molecule has 172 valence electrons. The normalized spacial score (nSPS) is 11.4. The summed E-state index contributed by atoms with van der Waals surface area (Å²) in [4.78, 5) is 0. The highest BCUT2D eigenvalue weighted by atomic mass is 79.9. The average molecular weight is 542 g/mol. The van der Waals surface area contributed by atoms with Gasteiger partial charge in [0.1, 0.15) is 27.2 Å². The zero-order valence-electron chi connectivity index (χ0n) is 18.1. The molecule has 0 radical (unpaired) electrons. The van der Waals surface area contributed by atoms with Crippen molar-refractivity contribution in [3.63, 3.8) is 0 Å². The molecule has 2 aromatic carbocycles. The second-order valence-electron chi connectivity index (χ2n) is 6.69. The van der Waals surface area contributed by atoms with Gasteiger partial charge in [0.25, 0.3) is 10.0 Å². The quantitative estimate of drug-likeness (QED) is 0.362. The fourth-order valence-corrected chi connectivity index (χ4v) is 6.69. The fraction of sp³-hybridized carbons (Fsp3) is 0.273. The summed E-state index contributed by atoms with van der Waals surface area (Å²) in [6.45, 7) is 0.195. The van der Waals surface area contributed by atoms with Gasteiger partial charge in [-0.25, -0.2) is 8.42 Å². The van der Waals surface area contributed by atoms with Crippen LogP contribution in [0.25, 0.3) is 0 Å². The standard InChI is InChI=1S/C22H24BrNO6S2/c1-27-17-7-5-15(19(11-17)29-3)13-24(32(25,26)22-10-9-21(23)31-22)14-16-6-8-18(28-2)12-20(16)30-4/h5-12H,13-14H2,1-4H3. The van der Waals surface area contributed by atoms with Crippen molar-refractivity contribution in [2.24, 2.45) is 0 Å². The van der Waals surface area contributed by atoms with E-state index in [1.54, 1.807) is 77.0 Å². The van der Waals surface area contributed by atoms with E-state index in [2.05, 4.69) is 15.9 Å². The Morgan fingerprint density at radius 1 is 0.781 bits per heavy atom. The Bertz CT molecular complexity index is 1120. The van der Waals surface area contributed by atoms with Gasteiger partial charge < -0.3 is 18.9 Å². The van der Waals surface area contributed by atoms with Crippen molar-refractivity contribution in [3.8, 4) is 23.0 Å². The van der Waals surface area contributed by atoms with Gasteiger partial charge in [-0.15, -0.1) is 11.3 Å². The fourth-order valence-electron chi connectivity index (χ4n) is 3.13. The Morgan fingerprint density at radius 2 is 1.28 bits per heavy atom. The van der Waals surface area contributed by atoms with Crippen LogP contribution < -0.4 is 18.9 Å². The van der Waals surface area contributed by atoms with Gasteiger partial charge in [0, 0.05) is 36.3 Å². The van der Waals surface area contributed by atoms with Crippen LogP contribution in [-0.4, -0.2) is 41.2 Å². The monoisotopic (exact) mass is 541 g/mol. The number of thiophene rings is 1. The number of nitrogens with zero attached hydrogens (tertiary/aromatic N) is 1. The summed E-state index contributed by atoms with van der Waals surface area (Å²) in [5, 5.41) is 0. The van der Waals surface area contributed by atoms with Crippen LogP contribution in [0.1, 0.15) is 11.1 Å². The van der Waals surface area contributed by atoms with E-state index in [4.69, 9.17) is 18.9 Å². The molecule has 1 aromatic heterocycles. The molecule has 0 aliphatic carbocycles.